The SMILES string of the molecule is CC(C)C(=O)N1CC(=O)N(C(C)C)C[C@@H](OCc2ccc(OC(F)(F)F)cc2)C1. The predicted molar refractivity (Wildman–Crippen MR) is 100.0 cm³/mol. The molecule has 29 heavy (non-hydrogen) atoms. The number of rotatable bonds is 6. The molecule has 2 amide bonds. The molecule has 1 aromatic carbocycles. The van der Waals surface area contributed by atoms with E-state index in [0.717, 1.165) is 0 Å². The van der Waals surface area contributed by atoms with Crippen molar-refractivity contribution < 1.29 is 32.2 Å². The van der Waals surface area contributed by atoms with E-state index in [-0.39, 0.29) is 49.2 Å². The molecule has 1 aromatic rings. The van der Waals surface area contributed by atoms with Crippen molar-refractivity contribution in [3.63, 3.8) is 0 Å². The number of benzene rings is 1. The number of ether oxygens (including phenoxy) is 2. The molecular formula is C20H27F3N2O4. The highest BCUT2D eigenvalue weighted by Crippen LogP contribution is 2.23. The fourth-order valence-electron chi connectivity index (χ4n) is 3.08. The van der Waals surface area contributed by atoms with E-state index in [4.69, 9.17) is 4.74 Å². The van der Waals surface area contributed by atoms with Crippen LogP contribution >= 0.6 is 0 Å². The molecule has 0 aliphatic carbocycles. The number of nitrogens with zero attached hydrogens (tertiary/aromatic N) is 2. The second-order valence-electron chi connectivity index (χ2n) is 7.64. The number of hydrogen-bond donors (Lipinski definition) is 0. The minimum Gasteiger partial charge on any atom is -0.406 e. The monoisotopic (exact) mass is 416 g/mol. The van der Waals surface area contributed by atoms with Crippen molar-refractivity contribution in [1.29, 1.82) is 0 Å². The van der Waals surface area contributed by atoms with E-state index in [1.807, 2.05) is 13.8 Å². The van der Waals surface area contributed by atoms with Crippen LogP contribution in [-0.2, 0) is 20.9 Å². The Hall–Kier alpha value is -2.29. The lowest BCUT2D eigenvalue weighted by Crippen LogP contribution is -2.43. The Labute approximate surface area is 168 Å². The van der Waals surface area contributed by atoms with Crippen molar-refractivity contribution in [2.24, 2.45) is 5.92 Å². The van der Waals surface area contributed by atoms with E-state index < -0.39 is 12.5 Å². The number of carbonyl (C=O) groups is 2. The molecule has 1 aliphatic heterocycles. The maximum Gasteiger partial charge on any atom is 0.573 e. The quantitative estimate of drug-likeness (QED) is 0.715. The van der Waals surface area contributed by atoms with Gasteiger partial charge in [-0.3, -0.25) is 9.59 Å². The number of alkyl halides is 3. The minimum absolute atomic E-state index is 0.0124. The summed E-state index contributed by atoms with van der Waals surface area (Å²) in [5.41, 5.74) is 0.660. The van der Waals surface area contributed by atoms with Gasteiger partial charge in [-0.1, -0.05) is 26.0 Å². The molecule has 0 N–H and O–H groups in total. The van der Waals surface area contributed by atoms with Gasteiger partial charge >= 0.3 is 6.36 Å². The molecular weight excluding hydrogens is 389 g/mol. The maximum atomic E-state index is 12.5. The fraction of sp³-hybridized carbons (Fsp3) is 0.600. The number of amides is 2. The summed E-state index contributed by atoms with van der Waals surface area (Å²) >= 11 is 0. The van der Waals surface area contributed by atoms with Crippen LogP contribution < -0.4 is 4.74 Å². The Bertz CT molecular complexity index is 705. The molecule has 0 saturated carbocycles. The van der Waals surface area contributed by atoms with Crippen LogP contribution in [0.5, 0.6) is 5.75 Å². The van der Waals surface area contributed by atoms with Crippen molar-refractivity contribution in [1.82, 2.24) is 9.80 Å². The molecule has 1 heterocycles. The summed E-state index contributed by atoms with van der Waals surface area (Å²) in [7, 11) is 0. The third-order valence-electron chi connectivity index (χ3n) is 4.54. The molecule has 0 aromatic heterocycles. The van der Waals surface area contributed by atoms with Crippen molar-refractivity contribution in [2.45, 2.75) is 52.8 Å². The molecule has 1 atom stereocenters. The van der Waals surface area contributed by atoms with Gasteiger partial charge in [0.2, 0.25) is 11.8 Å². The van der Waals surface area contributed by atoms with Crippen molar-refractivity contribution >= 4 is 11.8 Å². The van der Waals surface area contributed by atoms with E-state index in [2.05, 4.69) is 4.74 Å². The van der Waals surface area contributed by atoms with E-state index in [1.54, 1.807) is 18.7 Å². The van der Waals surface area contributed by atoms with Crippen molar-refractivity contribution in [3.8, 4) is 5.75 Å². The van der Waals surface area contributed by atoms with Crippen LogP contribution in [0.25, 0.3) is 0 Å². The second-order valence-corrected chi connectivity index (χ2v) is 7.64. The van der Waals surface area contributed by atoms with Gasteiger partial charge in [-0.2, -0.15) is 0 Å². The summed E-state index contributed by atoms with van der Waals surface area (Å²) in [4.78, 5) is 28.2. The zero-order valence-corrected chi connectivity index (χ0v) is 17.0. The van der Waals surface area contributed by atoms with Crippen LogP contribution in [0.15, 0.2) is 24.3 Å². The predicted octanol–water partition coefficient (Wildman–Crippen LogP) is 3.21. The first kappa shape index (κ1) is 23.0. The van der Waals surface area contributed by atoms with Gasteiger partial charge in [0.1, 0.15) is 5.75 Å². The van der Waals surface area contributed by atoms with E-state index >= 15 is 0 Å². The maximum absolute atomic E-state index is 12.5. The molecule has 0 radical (unpaired) electrons. The smallest absolute Gasteiger partial charge is 0.406 e. The lowest BCUT2D eigenvalue weighted by Gasteiger charge is -2.27. The normalized spacial score (nSPS) is 18.4. The molecule has 1 fully saturated rings. The topological polar surface area (TPSA) is 59.1 Å². The van der Waals surface area contributed by atoms with Crippen LogP contribution in [0, 0.1) is 5.92 Å². The third kappa shape index (κ3) is 6.92. The van der Waals surface area contributed by atoms with Gasteiger partial charge < -0.3 is 19.3 Å². The third-order valence-corrected chi connectivity index (χ3v) is 4.54. The highest BCUT2D eigenvalue weighted by molar-refractivity contribution is 5.86. The first-order chi connectivity index (χ1) is 13.5. The molecule has 1 aliphatic rings. The van der Waals surface area contributed by atoms with Crippen LogP contribution in [-0.4, -0.2) is 59.8 Å². The van der Waals surface area contributed by atoms with Gasteiger partial charge in [-0.25, -0.2) is 0 Å². The van der Waals surface area contributed by atoms with E-state index in [9.17, 15) is 22.8 Å². The summed E-state index contributed by atoms with van der Waals surface area (Å²) in [6.07, 6.45) is -5.14. The molecule has 2 rings (SSSR count). The van der Waals surface area contributed by atoms with Crippen LogP contribution in [0.2, 0.25) is 0 Å². The lowest BCUT2D eigenvalue weighted by atomic mass is 10.2. The Kier molecular flexibility index (Phi) is 7.51. The average Bonchev–Trinajstić information content (AvgIpc) is 2.78. The summed E-state index contributed by atoms with van der Waals surface area (Å²) in [5, 5.41) is 0. The molecule has 0 spiro atoms. The van der Waals surface area contributed by atoms with Gasteiger partial charge in [-0.15, -0.1) is 13.2 Å². The van der Waals surface area contributed by atoms with Crippen LogP contribution in [0.1, 0.15) is 33.3 Å². The highest BCUT2D eigenvalue weighted by atomic mass is 19.4. The molecule has 9 heteroatoms. The van der Waals surface area contributed by atoms with Crippen LogP contribution in [0.4, 0.5) is 13.2 Å². The largest absolute Gasteiger partial charge is 0.573 e. The first-order valence-corrected chi connectivity index (χ1v) is 9.50. The first-order valence-electron chi connectivity index (χ1n) is 9.50. The average molecular weight is 416 g/mol. The lowest BCUT2D eigenvalue weighted by molar-refractivity contribution is -0.274. The summed E-state index contributed by atoms with van der Waals surface area (Å²) in [6, 6.07) is 5.37. The summed E-state index contributed by atoms with van der Waals surface area (Å²) in [6.45, 7) is 8.12. The highest BCUT2D eigenvalue weighted by Gasteiger charge is 2.33. The number of carbonyl (C=O) groups excluding carboxylic acids is 2. The molecule has 6 nitrogen and oxygen atoms in total. The minimum atomic E-state index is -4.74. The summed E-state index contributed by atoms with van der Waals surface area (Å²) in [5.74, 6) is -0.795. The number of hydrogen-bond acceptors (Lipinski definition) is 4. The summed E-state index contributed by atoms with van der Waals surface area (Å²) < 4.78 is 46.5. The van der Waals surface area contributed by atoms with Crippen molar-refractivity contribution in [2.75, 3.05) is 19.6 Å². The van der Waals surface area contributed by atoms with E-state index in [0.29, 0.717) is 12.1 Å². The Morgan fingerprint density at radius 3 is 2.28 bits per heavy atom. The zero-order chi connectivity index (χ0) is 21.8. The van der Waals surface area contributed by atoms with Gasteiger partial charge in [0.15, 0.2) is 0 Å². The van der Waals surface area contributed by atoms with Crippen LogP contribution in [0.3, 0.4) is 0 Å². The molecule has 0 unspecified atom stereocenters. The van der Waals surface area contributed by atoms with Gasteiger partial charge in [0.05, 0.1) is 19.3 Å². The Morgan fingerprint density at radius 1 is 1.14 bits per heavy atom. The standard InChI is InChI=1S/C20H27F3N2O4/c1-13(2)19(27)24-9-17(10-25(14(3)4)18(26)11-24)28-12-15-5-7-16(8-6-15)29-20(21,22)23/h5-8,13-14,17H,9-12H2,1-4H3/t17-/m0/s1. The Balaban J connectivity index is 2.06. The Morgan fingerprint density at radius 2 is 1.76 bits per heavy atom. The van der Waals surface area contributed by atoms with Crippen molar-refractivity contribution in [3.05, 3.63) is 29.8 Å². The number of halogens is 3. The second kappa shape index (κ2) is 9.47. The van der Waals surface area contributed by atoms with Gasteiger partial charge in [0.25, 0.3) is 0 Å². The fourth-order valence-corrected chi connectivity index (χ4v) is 3.08. The zero-order valence-electron chi connectivity index (χ0n) is 17.0. The molecule has 162 valence electrons. The van der Waals surface area contributed by atoms with E-state index in [1.165, 1.54) is 29.2 Å². The molecule has 1 saturated heterocycles. The van der Waals surface area contributed by atoms with Gasteiger partial charge in [-0.05, 0) is 31.5 Å². The van der Waals surface area contributed by atoms with Gasteiger partial charge in [0, 0.05) is 25.0 Å². The molecule has 0 bridgehead atoms.